The first-order valence-corrected chi connectivity index (χ1v) is 4.85. The lowest BCUT2D eigenvalue weighted by Gasteiger charge is -2.03. The number of nitrogens with one attached hydrogen (secondary N) is 2. The molecule has 0 aliphatic rings. The number of hydrogen-bond acceptors (Lipinski definition) is 2. The summed E-state index contributed by atoms with van der Waals surface area (Å²) in [6.07, 6.45) is 0.810. The van der Waals surface area contributed by atoms with E-state index in [0.29, 0.717) is 13.1 Å². The Morgan fingerprint density at radius 2 is 1.80 bits per heavy atom. The fourth-order valence-corrected chi connectivity index (χ4v) is 1.43. The zero-order chi connectivity index (χ0) is 8.04. The Bertz CT molecular complexity index is 164. The zero-order valence-corrected chi connectivity index (χ0v) is 7.16. The number of hydrogen-bond donors (Lipinski definition) is 2. The zero-order valence-electron chi connectivity index (χ0n) is 6.35. The van der Waals surface area contributed by atoms with E-state index in [1.54, 1.807) is 6.92 Å². The van der Waals surface area contributed by atoms with Gasteiger partial charge in [0, 0.05) is 13.1 Å². The minimum Gasteiger partial charge on any atom is -0.203 e. The first-order valence-electron chi connectivity index (χ1n) is 3.36. The topological polar surface area (TPSA) is 58.2 Å². The number of rotatable bonds is 5. The molecule has 0 spiro atoms. The standard InChI is InChI=1S/C5H14N2O2S/c1-3-5-7-10(8,9)6-4-2/h6-7H,3-5H2,1-2H3. The fraction of sp³-hybridized carbons (Fsp3) is 1.00. The van der Waals surface area contributed by atoms with Gasteiger partial charge in [0.05, 0.1) is 0 Å². The van der Waals surface area contributed by atoms with Crippen LogP contribution in [0.25, 0.3) is 0 Å². The first kappa shape index (κ1) is 9.87. The van der Waals surface area contributed by atoms with E-state index in [2.05, 4.69) is 9.44 Å². The Kier molecular flexibility index (Phi) is 4.59. The molecule has 2 N–H and O–H groups in total. The van der Waals surface area contributed by atoms with Crippen molar-refractivity contribution < 1.29 is 8.42 Å². The van der Waals surface area contributed by atoms with Crippen molar-refractivity contribution in [3.05, 3.63) is 0 Å². The van der Waals surface area contributed by atoms with Crippen molar-refractivity contribution in [3.8, 4) is 0 Å². The second-order valence-electron chi connectivity index (χ2n) is 1.90. The lowest BCUT2D eigenvalue weighted by Crippen LogP contribution is -2.36. The van der Waals surface area contributed by atoms with Crippen LogP contribution < -0.4 is 9.44 Å². The summed E-state index contributed by atoms with van der Waals surface area (Å²) in [4.78, 5) is 0. The highest BCUT2D eigenvalue weighted by Gasteiger charge is 2.03. The summed E-state index contributed by atoms with van der Waals surface area (Å²) in [7, 11) is -3.19. The summed E-state index contributed by atoms with van der Waals surface area (Å²) in [5.74, 6) is 0. The van der Waals surface area contributed by atoms with Crippen LogP contribution in [0.2, 0.25) is 0 Å². The quantitative estimate of drug-likeness (QED) is 0.596. The summed E-state index contributed by atoms with van der Waals surface area (Å²) < 4.78 is 26.2. The highest BCUT2D eigenvalue weighted by atomic mass is 32.2. The molecule has 0 aliphatic heterocycles. The molecule has 0 fully saturated rings. The monoisotopic (exact) mass is 166 g/mol. The predicted octanol–water partition coefficient (Wildman–Crippen LogP) is -0.160. The average molecular weight is 166 g/mol. The van der Waals surface area contributed by atoms with Gasteiger partial charge in [-0.3, -0.25) is 0 Å². The lowest BCUT2D eigenvalue weighted by atomic mass is 10.5. The maximum absolute atomic E-state index is 10.8. The van der Waals surface area contributed by atoms with Crippen LogP contribution in [0, 0.1) is 0 Å². The second kappa shape index (κ2) is 4.65. The van der Waals surface area contributed by atoms with Gasteiger partial charge in [-0.1, -0.05) is 13.8 Å². The molecule has 0 aliphatic carbocycles. The van der Waals surface area contributed by atoms with E-state index in [4.69, 9.17) is 0 Å². The largest absolute Gasteiger partial charge is 0.276 e. The maximum Gasteiger partial charge on any atom is 0.276 e. The normalized spacial score (nSPS) is 11.8. The first-order chi connectivity index (χ1) is 4.62. The molecule has 4 nitrogen and oxygen atoms in total. The third-order valence-corrected chi connectivity index (χ3v) is 2.13. The van der Waals surface area contributed by atoms with Crippen LogP contribution in [0.1, 0.15) is 20.3 Å². The molecule has 62 valence electrons. The van der Waals surface area contributed by atoms with E-state index in [1.807, 2.05) is 6.92 Å². The van der Waals surface area contributed by atoms with Gasteiger partial charge < -0.3 is 0 Å². The molecule has 0 saturated heterocycles. The van der Waals surface area contributed by atoms with E-state index in [-0.39, 0.29) is 0 Å². The van der Waals surface area contributed by atoms with Gasteiger partial charge in [-0.25, -0.2) is 9.44 Å². The average Bonchev–Trinajstić information content (AvgIpc) is 1.84. The van der Waals surface area contributed by atoms with Gasteiger partial charge in [0.1, 0.15) is 0 Å². The SMILES string of the molecule is CCCNS(=O)(=O)NCC. The van der Waals surface area contributed by atoms with Crippen LogP contribution in [0.4, 0.5) is 0 Å². The highest BCUT2D eigenvalue weighted by molar-refractivity contribution is 7.87. The van der Waals surface area contributed by atoms with E-state index in [9.17, 15) is 8.42 Å². The van der Waals surface area contributed by atoms with Gasteiger partial charge in [-0.15, -0.1) is 0 Å². The van der Waals surface area contributed by atoms with Gasteiger partial charge in [0.15, 0.2) is 0 Å². The molecule has 0 atom stereocenters. The van der Waals surface area contributed by atoms with E-state index >= 15 is 0 Å². The summed E-state index contributed by atoms with van der Waals surface area (Å²) in [5, 5.41) is 0. The summed E-state index contributed by atoms with van der Waals surface area (Å²) in [6.45, 7) is 4.58. The van der Waals surface area contributed by atoms with Gasteiger partial charge in [-0.2, -0.15) is 8.42 Å². The van der Waals surface area contributed by atoms with Crippen molar-refractivity contribution in [2.75, 3.05) is 13.1 Å². The van der Waals surface area contributed by atoms with Crippen molar-refractivity contribution in [1.82, 2.24) is 9.44 Å². The van der Waals surface area contributed by atoms with Crippen molar-refractivity contribution in [2.24, 2.45) is 0 Å². The third kappa shape index (κ3) is 4.72. The summed E-state index contributed by atoms with van der Waals surface area (Å²) in [6, 6.07) is 0. The van der Waals surface area contributed by atoms with Crippen molar-refractivity contribution in [3.63, 3.8) is 0 Å². The van der Waals surface area contributed by atoms with Crippen LogP contribution in [0.5, 0.6) is 0 Å². The molecular formula is C5H14N2O2S. The summed E-state index contributed by atoms with van der Waals surface area (Å²) in [5.41, 5.74) is 0. The van der Waals surface area contributed by atoms with Gasteiger partial charge >= 0.3 is 0 Å². The fourth-order valence-electron chi connectivity index (χ4n) is 0.477. The molecule has 0 rings (SSSR count). The predicted molar refractivity (Wildman–Crippen MR) is 40.9 cm³/mol. The molecule has 0 amide bonds. The Morgan fingerprint density at radius 1 is 1.20 bits per heavy atom. The van der Waals surface area contributed by atoms with Crippen LogP contribution in [-0.2, 0) is 10.2 Å². The van der Waals surface area contributed by atoms with Gasteiger partial charge in [0.2, 0.25) is 0 Å². The molecule has 0 saturated carbocycles. The van der Waals surface area contributed by atoms with Gasteiger partial charge in [-0.05, 0) is 6.42 Å². The molecule has 0 unspecified atom stereocenters. The lowest BCUT2D eigenvalue weighted by molar-refractivity contribution is 0.568. The van der Waals surface area contributed by atoms with E-state index in [1.165, 1.54) is 0 Å². The van der Waals surface area contributed by atoms with Crippen LogP contribution in [0.15, 0.2) is 0 Å². The Labute approximate surface area is 62.2 Å². The molecule has 0 bridgehead atoms. The van der Waals surface area contributed by atoms with Crippen LogP contribution in [-0.4, -0.2) is 21.5 Å². The molecule has 0 heterocycles. The van der Waals surface area contributed by atoms with Crippen molar-refractivity contribution in [1.29, 1.82) is 0 Å². The molecule has 10 heavy (non-hydrogen) atoms. The summed E-state index contributed by atoms with van der Waals surface area (Å²) >= 11 is 0. The highest BCUT2D eigenvalue weighted by Crippen LogP contribution is 1.76. The van der Waals surface area contributed by atoms with Crippen molar-refractivity contribution >= 4 is 10.2 Å². The molecule has 0 aromatic heterocycles. The van der Waals surface area contributed by atoms with Crippen LogP contribution >= 0.6 is 0 Å². The minimum atomic E-state index is -3.19. The van der Waals surface area contributed by atoms with Crippen LogP contribution in [0.3, 0.4) is 0 Å². The Hall–Kier alpha value is -0.130. The Balaban J connectivity index is 3.65. The minimum absolute atomic E-state index is 0.430. The molecule has 0 aromatic rings. The van der Waals surface area contributed by atoms with Gasteiger partial charge in [0.25, 0.3) is 10.2 Å². The van der Waals surface area contributed by atoms with E-state index in [0.717, 1.165) is 6.42 Å². The molecular weight excluding hydrogens is 152 g/mol. The van der Waals surface area contributed by atoms with E-state index < -0.39 is 10.2 Å². The Morgan fingerprint density at radius 3 is 2.20 bits per heavy atom. The molecule has 5 heteroatoms. The third-order valence-electron chi connectivity index (χ3n) is 0.876. The van der Waals surface area contributed by atoms with Crippen molar-refractivity contribution in [2.45, 2.75) is 20.3 Å². The smallest absolute Gasteiger partial charge is 0.203 e. The molecule has 0 aromatic carbocycles. The maximum atomic E-state index is 10.8. The molecule has 0 radical (unpaired) electrons. The second-order valence-corrected chi connectivity index (χ2v) is 3.48.